The summed E-state index contributed by atoms with van der Waals surface area (Å²) in [5, 5.41) is 5.59. The molecule has 1 heterocycles. The first kappa shape index (κ1) is 16.8. The van der Waals surface area contributed by atoms with Gasteiger partial charge < -0.3 is 20.1 Å². The zero-order valence-electron chi connectivity index (χ0n) is 14.0. The summed E-state index contributed by atoms with van der Waals surface area (Å²) in [6.07, 6.45) is 0.224. The van der Waals surface area contributed by atoms with Crippen molar-refractivity contribution < 1.29 is 19.1 Å². The van der Waals surface area contributed by atoms with Crippen LogP contribution in [0.4, 0.5) is 0 Å². The summed E-state index contributed by atoms with van der Waals surface area (Å²) in [5.41, 5.74) is 2.47. The van der Waals surface area contributed by atoms with Crippen LogP contribution in [0, 0.1) is 6.92 Å². The molecule has 0 spiro atoms. The van der Waals surface area contributed by atoms with Crippen LogP contribution < -0.4 is 20.1 Å². The highest BCUT2D eigenvalue weighted by atomic mass is 16.7. The zero-order valence-corrected chi connectivity index (χ0v) is 14.0. The third-order valence-electron chi connectivity index (χ3n) is 3.95. The number of fused-ring (bicyclic) bond motifs is 1. The van der Waals surface area contributed by atoms with Gasteiger partial charge in [-0.05, 0) is 36.2 Å². The van der Waals surface area contributed by atoms with Crippen LogP contribution in [0.3, 0.4) is 0 Å². The molecule has 2 aromatic rings. The summed E-state index contributed by atoms with van der Waals surface area (Å²) in [6.45, 7) is 2.81. The molecule has 2 N–H and O–H groups in total. The van der Waals surface area contributed by atoms with E-state index in [0.29, 0.717) is 30.2 Å². The van der Waals surface area contributed by atoms with E-state index >= 15 is 0 Å². The minimum atomic E-state index is -0.165. The molecule has 1 aliphatic rings. The van der Waals surface area contributed by atoms with Crippen molar-refractivity contribution in [3.63, 3.8) is 0 Å². The van der Waals surface area contributed by atoms with Gasteiger partial charge in [0.15, 0.2) is 11.5 Å². The highest BCUT2D eigenvalue weighted by molar-refractivity contribution is 5.95. The monoisotopic (exact) mass is 340 g/mol. The first-order valence-corrected chi connectivity index (χ1v) is 8.12. The predicted octanol–water partition coefficient (Wildman–Crippen LogP) is 2.16. The lowest BCUT2D eigenvalue weighted by Gasteiger charge is -2.08. The van der Waals surface area contributed by atoms with Crippen molar-refractivity contribution in [1.82, 2.24) is 10.6 Å². The van der Waals surface area contributed by atoms with E-state index in [0.717, 1.165) is 11.1 Å². The topological polar surface area (TPSA) is 76.7 Å². The van der Waals surface area contributed by atoms with Crippen molar-refractivity contribution in [2.45, 2.75) is 19.9 Å². The highest BCUT2D eigenvalue weighted by Crippen LogP contribution is 2.32. The van der Waals surface area contributed by atoms with Gasteiger partial charge >= 0.3 is 0 Å². The lowest BCUT2D eigenvalue weighted by Crippen LogP contribution is -2.30. The van der Waals surface area contributed by atoms with Crippen molar-refractivity contribution in [3.05, 3.63) is 59.2 Å². The van der Waals surface area contributed by atoms with E-state index in [9.17, 15) is 9.59 Å². The second-order valence-corrected chi connectivity index (χ2v) is 5.79. The number of carbonyl (C=O) groups excluding carboxylic acids is 2. The first-order valence-electron chi connectivity index (χ1n) is 8.12. The number of benzene rings is 2. The Morgan fingerprint density at radius 3 is 2.68 bits per heavy atom. The van der Waals surface area contributed by atoms with Gasteiger partial charge in [0.2, 0.25) is 12.7 Å². The molecule has 6 nitrogen and oxygen atoms in total. The van der Waals surface area contributed by atoms with E-state index in [-0.39, 0.29) is 25.0 Å². The summed E-state index contributed by atoms with van der Waals surface area (Å²) in [7, 11) is 0. The molecular weight excluding hydrogens is 320 g/mol. The number of ether oxygens (including phenoxy) is 2. The van der Waals surface area contributed by atoms with Gasteiger partial charge in [0.05, 0.1) is 0 Å². The van der Waals surface area contributed by atoms with Gasteiger partial charge in [-0.3, -0.25) is 9.59 Å². The van der Waals surface area contributed by atoms with E-state index < -0.39 is 0 Å². The van der Waals surface area contributed by atoms with Crippen LogP contribution in [0.2, 0.25) is 0 Å². The maximum Gasteiger partial charge on any atom is 0.251 e. The van der Waals surface area contributed by atoms with E-state index in [1.165, 1.54) is 0 Å². The summed E-state index contributed by atoms with van der Waals surface area (Å²) in [5.74, 6) is 1.12. The minimum Gasteiger partial charge on any atom is -0.454 e. The van der Waals surface area contributed by atoms with Gasteiger partial charge in [-0.1, -0.05) is 24.3 Å². The van der Waals surface area contributed by atoms with Crippen molar-refractivity contribution >= 4 is 11.8 Å². The second-order valence-electron chi connectivity index (χ2n) is 5.79. The summed E-state index contributed by atoms with van der Waals surface area (Å²) in [4.78, 5) is 24.0. The number of rotatable bonds is 6. The van der Waals surface area contributed by atoms with Gasteiger partial charge in [-0.25, -0.2) is 0 Å². The number of carbonyl (C=O) groups is 2. The van der Waals surface area contributed by atoms with E-state index in [4.69, 9.17) is 9.47 Å². The first-order chi connectivity index (χ1) is 12.1. The second kappa shape index (κ2) is 7.70. The fraction of sp³-hybridized carbons (Fsp3) is 0.263. The number of hydrogen-bond donors (Lipinski definition) is 2. The zero-order chi connectivity index (χ0) is 17.6. The van der Waals surface area contributed by atoms with Crippen molar-refractivity contribution in [1.29, 1.82) is 0 Å². The quantitative estimate of drug-likeness (QED) is 0.845. The Bertz CT molecular complexity index is 789. The summed E-state index contributed by atoms with van der Waals surface area (Å²) >= 11 is 0. The molecule has 0 fully saturated rings. The van der Waals surface area contributed by atoms with Gasteiger partial charge in [0.1, 0.15) is 0 Å². The Kier molecular flexibility index (Phi) is 5.18. The molecule has 0 unspecified atom stereocenters. The van der Waals surface area contributed by atoms with Crippen LogP contribution in [-0.4, -0.2) is 25.2 Å². The molecule has 0 saturated heterocycles. The Morgan fingerprint density at radius 2 is 1.84 bits per heavy atom. The number of hydrogen-bond acceptors (Lipinski definition) is 4. The molecule has 1 aliphatic heterocycles. The molecular formula is C19H20N2O4. The molecule has 25 heavy (non-hydrogen) atoms. The molecule has 0 aliphatic carbocycles. The molecule has 0 atom stereocenters. The maximum atomic E-state index is 12.1. The molecule has 0 aromatic heterocycles. The van der Waals surface area contributed by atoms with Crippen molar-refractivity contribution in [3.8, 4) is 11.5 Å². The number of aryl methyl sites for hydroxylation is 1. The molecule has 6 heteroatoms. The molecule has 2 aromatic carbocycles. The van der Waals surface area contributed by atoms with E-state index in [1.807, 2.05) is 43.3 Å². The minimum absolute atomic E-state index is 0.122. The largest absolute Gasteiger partial charge is 0.454 e. The Labute approximate surface area is 146 Å². The molecule has 0 bridgehead atoms. The highest BCUT2D eigenvalue weighted by Gasteiger charge is 2.13. The SMILES string of the molecule is Cc1ccccc1C(=O)NCCC(=O)NCc1ccc2c(c1)OCO2. The number of nitrogens with one attached hydrogen (secondary N) is 2. The molecule has 130 valence electrons. The summed E-state index contributed by atoms with van der Waals surface area (Å²) in [6, 6.07) is 12.9. The predicted molar refractivity (Wildman–Crippen MR) is 92.5 cm³/mol. The maximum absolute atomic E-state index is 12.1. The van der Waals surface area contributed by atoms with Gasteiger partial charge in [0.25, 0.3) is 5.91 Å². The molecule has 0 saturated carbocycles. The van der Waals surface area contributed by atoms with Crippen LogP contribution >= 0.6 is 0 Å². The van der Waals surface area contributed by atoms with Crippen LogP contribution in [-0.2, 0) is 11.3 Å². The lowest BCUT2D eigenvalue weighted by atomic mass is 10.1. The summed E-state index contributed by atoms with van der Waals surface area (Å²) < 4.78 is 10.6. The van der Waals surface area contributed by atoms with Gasteiger partial charge in [-0.2, -0.15) is 0 Å². The normalized spacial score (nSPS) is 11.9. The Balaban J connectivity index is 1.41. The Hall–Kier alpha value is -3.02. The van der Waals surface area contributed by atoms with Gasteiger partial charge in [-0.15, -0.1) is 0 Å². The van der Waals surface area contributed by atoms with Crippen LogP contribution in [0.15, 0.2) is 42.5 Å². The third kappa shape index (κ3) is 4.29. The molecule has 0 radical (unpaired) electrons. The average molecular weight is 340 g/mol. The smallest absolute Gasteiger partial charge is 0.251 e. The fourth-order valence-electron chi connectivity index (χ4n) is 2.55. The third-order valence-corrected chi connectivity index (χ3v) is 3.95. The van der Waals surface area contributed by atoms with Crippen LogP contribution in [0.5, 0.6) is 11.5 Å². The average Bonchev–Trinajstić information content (AvgIpc) is 3.08. The van der Waals surface area contributed by atoms with Crippen molar-refractivity contribution in [2.75, 3.05) is 13.3 Å². The number of amides is 2. The lowest BCUT2D eigenvalue weighted by molar-refractivity contribution is -0.121. The standard InChI is InChI=1S/C19H20N2O4/c1-13-4-2-3-5-15(13)19(23)20-9-8-18(22)21-11-14-6-7-16-17(10-14)25-12-24-16/h2-7,10H,8-9,11-12H2,1H3,(H,20,23)(H,21,22). The van der Waals surface area contributed by atoms with Crippen molar-refractivity contribution in [2.24, 2.45) is 0 Å². The van der Waals surface area contributed by atoms with E-state index in [2.05, 4.69) is 10.6 Å². The molecule has 3 rings (SSSR count). The van der Waals surface area contributed by atoms with Gasteiger partial charge in [0, 0.05) is 25.1 Å². The fourth-order valence-corrected chi connectivity index (χ4v) is 2.55. The molecule has 2 amide bonds. The van der Waals surface area contributed by atoms with Crippen LogP contribution in [0.25, 0.3) is 0 Å². The Morgan fingerprint density at radius 1 is 1.04 bits per heavy atom. The van der Waals surface area contributed by atoms with Crippen LogP contribution in [0.1, 0.15) is 27.9 Å². The van der Waals surface area contributed by atoms with E-state index in [1.54, 1.807) is 6.07 Å².